The number of benzene rings is 2. The van der Waals surface area contributed by atoms with Crippen molar-refractivity contribution in [2.24, 2.45) is 0 Å². The SMILES string of the molecule is O=C(O)/C=C/C(=O)O.O=C(OCc1ccccc1)N1CCN2C(=O)N(CCCCN3CCC(c4noc5cc(F)ccc45)CC3)C(=O)CC2C1. The molecule has 2 aromatic carbocycles. The van der Waals surface area contributed by atoms with Gasteiger partial charge in [-0.15, -0.1) is 0 Å². The lowest BCUT2D eigenvalue weighted by molar-refractivity contribution is -0.134. The molecule has 14 nitrogen and oxygen atoms in total. The molecule has 15 heteroatoms. The number of aromatic nitrogens is 1. The summed E-state index contributed by atoms with van der Waals surface area (Å²) in [5.74, 6) is -2.73. The van der Waals surface area contributed by atoms with Gasteiger partial charge in [0.2, 0.25) is 5.91 Å². The fourth-order valence-electron chi connectivity index (χ4n) is 6.46. The van der Waals surface area contributed by atoms with Crippen molar-refractivity contribution in [3.63, 3.8) is 0 Å². The number of carbonyl (C=O) groups excluding carboxylic acids is 3. The molecule has 50 heavy (non-hydrogen) atoms. The molecule has 3 aliphatic rings. The molecule has 1 aromatic heterocycles. The van der Waals surface area contributed by atoms with Crippen LogP contribution in [0.5, 0.6) is 0 Å². The Hall–Kier alpha value is -5.31. The minimum Gasteiger partial charge on any atom is -0.478 e. The van der Waals surface area contributed by atoms with Crippen LogP contribution in [0.25, 0.3) is 11.0 Å². The molecule has 4 amide bonds. The van der Waals surface area contributed by atoms with E-state index in [1.54, 1.807) is 15.9 Å². The fourth-order valence-corrected chi connectivity index (χ4v) is 6.46. The van der Waals surface area contributed by atoms with Crippen LogP contribution < -0.4 is 0 Å². The van der Waals surface area contributed by atoms with Crippen molar-refractivity contribution in [3.8, 4) is 0 Å². The number of imide groups is 1. The van der Waals surface area contributed by atoms with E-state index in [-0.39, 0.29) is 42.7 Å². The number of hydrogen-bond donors (Lipinski definition) is 2. The van der Waals surface area contributed by atoms with Crippen LogP contribution in [0.1, 0.15) is 49.3 Å². The Morgan fingerprint density at radius 3 is 2.34 bits per heavy atom. The minimum absolute atomic E-state index is 0.179. The Morgan fingerprint density at radius 2 is 1.64 bits per heavy atom. The van der Waals surface area contributed by atoms with Gasteiger partial charge in [0, 0.05) is 62.1 Å². The van der Waals surface area contributed by atoms with Gasteiger partial charge in [-0.2, -0.15) is 0 Å². The summed E-state index contributed by atoms with van der Waals surface area (Å²) >= 11 is 0. The number of rotatable bonds is 10. The van der Waals surface area contributed by atoms with Crippen molar-refractivity contribution in [1.82, 2.24) is 24.8 Å². The van der Waals surface area contributed by atoms with E-state index in [0.29, 0.717) is 43.9 Å². The topological polar surface area (TPSA) is 174 Å². The van der Waals surface area contributed by atoms with Gasteiger partial charge < -0.3 is 34.2 Å². The molecule has 1 unspecified atom stereocenters. The number of aliphatic carboxylic acids is 2. The molecule has 0 bridgehead atoms. The number of piperazine rings is 1. The van der Waals surface area contributed by atoms with Gasteiger partial charge in [0.15, 0.2) is 5.58 Å². The van der Waals surface area contributed by atoms with E-state index in [2.05, 4.69) is 10.1 Å². The Bertz CT molecular complexity index is 1690. The maximum atomic E-state index is 13.5. The van der Waals surface area contributed by atoms with E-state index >= 15 is 0 Å². The monoisotopic (exact) mass is 693 g/mol. The van der Waals surface area contributed by atoms with Gasteiger partial charge in [0.25, 0.3) is 0 Å². The summed E-state index contributed by atoms with van der Waals surface area (Å²) in [5.41, 5.74) is 2.31. The fraction of sp³-hybridized carbons (Fsp3) is 0.429. The highest BCUT2D eigenvalue weighted by Gasteiger charge is 2.42. The first-order valence-corrected chi connectivity index (χ1v) is 16.6. The van der Waals surface area contributed by atoms with Crippen LogP contribution in [0.4, 0.5) is 14.0 Å². The molecule has 6 rings (SSSR count). The molecule has 4 heterocycles. The van der Waals surface area contributed by atoms with Crippen LogP contribution >= 0.6 is 0 Å². The lowest BCUT2D eigenvalue weighted by Crippen LogP contribution is -2.64. The number of ether oxygens (including phenoxy) is 1. The zero-order valence-electron chi connectivity index (χ0n) is 27.5. The van der Waals surface area contributed by atoms with Crippen molar-refractivity contribution in [2.45, 2.75) is 50.7 Å². The summed E-state index contributed by atoms with van der Waals surface area (Å²) in [6.07, 6.45) is 4.45. The average Bonchev–Trinajstić information content (AvgIpc) is 3.53. The summed E-state index contributed by atoms with van der Waals surface area (Å²) in [5, 5.41) is 20.7. The first-order valence-electron chi connectivity index (χ1n) is 16.6. The molecule has 1 atom stereocenters. The molecule has 0 aliphatic carbocycles. The van der Waals surface area contributed by atoms with Crippen LogP contribution in [0, 0.1) is 5.82 Å². The number of halogens is 1. The number of nitrogens with zero attached hydrogens (tertiary/aromatic N) is 5. The number of carboxylic acids is 2. The number of carbonyl (C=O) groups is 5. The molecule has 3 fully saturated rings. The average molecular weight is 694 g/mol. The highest BCUT2D eigenvalue weighted by Crippen LogP contribution is 2.33. The zero-order valence-corrected chi connectivity index (χ0v) is 27.5. The molecular weight excluding hydrogens is 653 g/mol. The van der Waals surface area contributed by atoms with Crippen molar-refractivity contribution in [1.29, 1.82) is 0 Å². The molecule has 0 radical (unpaired) electrons. The van der Waals surface area contributed by atoms with E-state index in [1.165, 1.54) is 17.0 Å². The second-order valence-electron chi connectivity index (χ2n) is 12.4. The summed E-state index contributed by atoms with van der Waals surface area (Å²) in [6.45, 7) is 4.43. The van der Waals surface area contributed by atoms with Gasteiger partial charge >= 0.3 is 24.1 Å². The second-order valence-corrected chi connectivity index (χ2v) is 12.4. The van der Waals surface area contributed by atoms with E-state index in [1.807, 2.05) is 30.3 Å². The van der Waals surface area contributed by atoms with Crippen LogP contribution in [0.2, 0.25) is 0 Å². The van der Waals surface area contributed by atoms with E-state index in [9.17, 15) is 28.4 Å². The van der Waals surface area contributed by atoms with E-state index in [0.717, 1.165) is 62.0 Å². The van der Waals surface area contributed by atoms with Gasteiger partial charge in [-0.05, 0) is 63.0 Å². The van der Waals surface area contributed by atoms with Crippen molar-refractivity contribution < 1.29 is 47.8 Å². The van der Waals surface area contributed by atoms with Gasteiger partial charge in [-0.25, -0.2) is 23.6 Å². The Labute approximate surface area is 287 Å². The number of amides is 4. The summed E-state index contributed by atoms with van der Waals surface area (Å²) < 4.78 is 24.3. The minimum atomic E-state index is -1.26. The largest absolute Gasteiger partial charge is 0.478 e. The third kappa shape index (κ3) is 9.43. The summed E-state index contributed by atoms with van der Waals surface area (Å²) in [4.78, 5) is 64.9. The quantitative estimate of drug-likeness (QED) is 0.229. The van der Waals surface area contributed by atoms with Crippen LogP contribution in [0.3, 0.4) is 0 Å². The summed E-state index contributed by atoms with van der Waals surface area (Å²) in [7, 11) is 0. The number of carboxylic acid groups (broad SMARTS) is 2. The molecule has 3 aliphatic heterocycles. The Kier molecular flexibility index (Phi) is 12.1. The highest BCUT2D eigenvalue weighted by atomic mass is 19.1. The molecule has 0 spiro atoms. The Balaban J connectivity index is 0.000000544. The normalized spacial score (nSPS) is 18.6. The molecule has 3 aromatic rings. The molecule has 0 saturated carbocycles. The smallest absolute Gasteiger partial charge is 0.410 e. The van der Waals surface area contributed by atoms with Gasteiger partial charge in [0.1, 0.15) is 12.4 Å². The highest BCUT2D eigenvalue weighted by molar-refractivity contribution is 5.97. The third-order valence-corrected chi connectivity index (χ3v) is 9.04. The number of fused-ring (bicyclic) bond motifs is 2. The first-order chi connectivity index (χ1) is 24.1. The number of likely N-dealkylation sites (tertiary alicyclic amines) is 1. The predicted octanol–water partition coefficient (Wildman–Crippen LogP) is 4.31. The van der Waals surface area contributed by atoms with Gasteiger partial charge in [-0.3, -0.25) is 9.69 Å². The first kappa shape index (κ1) is 36.0. The number of unbranched alkanes of at least 4 members (excludes halogenated alkanes) is 1. The lowest BCUT2D eigenvalue weighted by Gasteiger charge is -2.45. The standard InChI is InChI=1S/C31H36FN5O5.C4H4O4/c32-24-8-9-26-27(18-24)42-33-29(26)23-10-14-34(15-11-23)12-4-5-13-37-28(38)19-25-20-35(16-17-36(25)30(37)39)31(40)41-21-22-6-2-1-3-7-22;5-3(6)1-2-4(7)8/h1-3,6-9,18,23,25H,4-5,10-17,19-21H2;1-2H,(H,5,6)(H,7,8)/b;2-1+. The lowest BCUT2D eigenvalue weighted by atomic mass is 9.91. The second kappa shape index (κ2) is 16.9. The van der Waals surface area contributed by atoms with Crippen molar-refractivity contribution in [3.05, 3.63) is 77.8 Å². The Morgan fingerprint density at radius 1 is 0.940 bits per heavy atom. The van der Waals surface area contributed by atoms with Crippen molar-refractivity contribution in [2.75, 3.05) is 45.8 Å². The van der Waals surface area contributed by atoms with Gasteiger partial charge in [-0.1, -0.05) is 35.5 Å². The molecule has 2 N–H and O–H groups in total. The van der Waals surface area contributed by atoms with E-state index < -0.39 is 18.0 Å². The molecule has 266 valence electrons. The number of urea groups is 1. The maximum Gasteiger partial charge on any atom is 0.410 e. The zero-order chi connectivity index (χ0) is 35.6. The van der Waals surface area contributed by atoms with Crippen LogP contribution in [0.15, 0.2) is 65.2 Å². The van der Waals surface area contributed by atoms with Crippen LogP contribution in [-0.2, 0) is 25.7 Å². The summed E-state index contributed by atoms with van der Waals surface area (Å²) in [6, 6.07) is 13.5. The van der Waals surface area contributed by atoms with Crippen LogP contribution in [-0.4, -0.2) is 117 Å². The number of hydrogen-bond acceptors (Lipinski definition) is 9. The number of piperidine rings is 1. The van der Waals surface area contributed by atoms with Gasteiger partial charge in [0.05, 0.1) is 11.7 Å². The van der Waals surface area contributed by atoms with E-state index in [4.69, 9.17) is 19.5 Å². The molecular formula is C35H40FN5O9. The third-order valence-electron chi connectivity index (χ3n) is 9.04. The maximum absolute atomic E-state index is 13.5. The molecule has 3 saturated heterocycles. The predicted molar refractivity (Wildman–Crippen MR) is 176 cm³/mol. The van der Waals surface area contributed by atoms with Crippen molar-refractivity contribution >= 4 is 40.9 Å².